The van der Waals surface area contributed by atoms with Gasteiger partial charge in [0.15, 0.2) is 5.82 Å². The van der Waals surface area contributed by atoms with E-state index in [2.05, 4.69) is 25.1 Å². The summed E-state index contributed by atoms with van der Waals surface area (Å²) in [6, 6.07) is 11.3. The van der Waals surface area contributed by atoms with Crippen molar-refractivity contribution in [3.05, 3.63) is 73.6 Å². The smallest absolute Gasteiger partial charge is 0.182 e. The molecule has 0 radical (unpaired) electrons. The Morgan fingerprint density at radius 1 is 0.458 bits per heavy atom. The highest BCUT2D eigenvalue weighted by Gasteiger charge is 2.14. The predicted molar refractivity (Wildman–Crippen MR) is 89.5 cm³/mol. The molecule has 0 bridgehead atoms. The molecule has 24 heavy (non-hydrogen) atoms. The standard InChI is InChI=1S/C18H12N6/c1-7-19-8-2-13(1)16-17(14-3-9-20-10-4-14)23-24-18(22-16)15-5-11-21-12-6-15/h1-12H. The van der Waals surface area contributed by atoms with Crippen molar-refractivity contribution in [1.29, 1.82) is 0 Å². The molecule has 0 atom stereocenters. The first kappa shape index (κ1) is 14.1. The highest BCUT2D eigenvalue weighted by Crippen LogP contribution is 2.29. The van der Waals surface area contributed by atoms with Crippen LogP contribution in [0.5, 0.6) is 0 Å². The van der Waals surface area contributed by atoms with E-state index >= 15 is 0 Å². The predicted octanol–water partition coefficient (Wildman–Crippen LogP) is 3.06. The molecular weight excluding hydrogens is 300 g/mol. The summed E-state index contributed by atoms with van der Waals surface area (Å²) in [7, 11) is 0. The molecule has 0 aromatic carbocycles. The largest absolute Gasteiger partial charge is 0.265 e. The van der Waals surface area contributed by atoms with Crippen LogP contribution in [0.3, 0.4) is 0 Å². The monoisotopic (exact) mass is 312 g/mol. The second-order valence-electron chi connectivity index (χ2n) is 5.04. The molecule has 114 valence electrons. The van der Waals surface area contributed by atoms with Gasteiger partial charge in [0.25, 0.3) is 0 Å². The molecule has 0 aliphatic rings. The van der Waals surface area contributed by atoms with Gasteiger partial charge in [-0.2, -0.15) is 0 Å². The molecule has 0 saturated heterocycles. The van der Waals surface area contributed by atoms with Crippen molar-refractivity contribution in [2.24, 2.45) is 0 Å². The van der Waals surface area contributed by atoms with E-state index < -0.39 is 0 Å². The van der Waals surface area contributed by atoms with Gasteiger partial charge in [0.2, 0.25) is 0 Å². The third-order valence-electron chi connectivity index (χ3n) is 3.53. The fourth-order valence-electron chi connectivity index (χ4n) is 2.36. The first-order chi connectivity index (χ1) is 11.9. The summed E-state index contributed by atoms with van der Waals surface area (Å²) in [4.78, 5) is 16.9. The van der Waals surface area contributed by atoms with Crippen molar-refractivity contribution in [3.8, 4) is 33.9 Å². The van der Waals surface area contributed by atoms with Crippen molar-refractivity contribution in [1.82, 2.24) is 30.1 Å². The summed E-state index contributed by atoms with van der Waals surface area (Å²) in [5.74, 6) is 0.557. The Bertz CT molecular complexity index is 943. The minimum absolute atomic E-state index is 0.557. The molecular formula is C18H12N6. The van der Waals surface area contributed by atoms with E-state index in [4.69, 9.17) is 4.98 Å². The summed E-state index contributed by atoms with van der Waals surface area (Å²) in [5, 5.41) is 8.71. The van der Waals surface area contributed by atoms with Gasteiger partial charge in [0.05, 0.1) is 0 Å². The van der Waals surface area contributed by atoms with Gasteiger partial charge in [-0.1, -0.05) is 0 Å². The molecule has 0 fully saturated rings. The van der Waals surface area contributed by atoms with Crippen LogP contribution in [0.25, 0.3) is 33.9 Å². The van der Waals surface area contributed by atoms with Crippen LogP contribution in [0, 0.1) is 0 Å². The lowest BCUT2D eigenvalue weighted by molar-refractivity contribution is 0.989. The lowest BCUT2D eigenvalue weighted by atomic mass is 10.1. The summed E-state index contributed by atoms with van der Waals surface area (Å²) >= 11 is 0. The van der Waals surface area contributed by atoms with Crippen LogP contribution in [0.2, 0.25) is 0 Å². The van der Waals surface area contributed by atoms with Crippen LogP contribution in [0.4, 0.5) is 0 Å². The Morgan fingerprint density at radius 3 is 1.46 bits per heavy atom. The molecule has 0 aliphatic heterocycles. The van der Waals surface area contributed by atoms with Crippen LogP contribution < -0.4 is 0 Å². The molecule has 0 amide bonds. The van der Waals surface area contributed by atoms with Crippen molar-refractivity contribution >= 4 is 0 Å². The maximum Gasteiger partial charge on any atom is 0.182 e. The average molecular weight is 312 g/mol. The van der Waals surface area contributed by atoms with Crippen LogP contribution in [0.1, 0.15) is 0 Å². The van der Waals surface area contributed by atoms with Gasteiger partial charge in [-0.05, 0) is 36.4 Å². The van der Waals surface area contributed by atoms with Gasteiger partial charge >= 0.3 is 0 Å². The molecule has 0 saturated carbocycles. The molecule has 0 unspecified atom stereocenters. The maximum atomic E-state index is 4.74. The minimum atomic E-state index is 0.557. The molecule has 4 rings (SSSR count). The molecule has 0 aliphatic carbocycles. The highest BCUT2D eigenvalue weighted by atomic mass is 15.2. The van der Waals surface area contributed by atoms with Crippen molar-refractivity contribution in [2.75, 3.05) is 0 Å². The van der Waals surface area contributed by atoms with Gasteiger partial charge in [0, 0.05) is 53.9 Å². The maximum absolute atomic E-state index is 4.74. The zero-order valence-corrected chi connectivity index (χ0v) is 12.6. The second-order valence-corrected chi connectivity index (χ2v) is 5.04. The summed E-state index contributed by atoms with van der Waals surface area (Å²) in [6.45, 7) is 0. The lowest BCUT2D eigenvalue weighted by Gasteiger charge is -2.09. The fraction of sp³-hybridized carbons (Fsp3) is 0. The Hall–Kier alpha value is -3.54. The lowest BCUT2D eigenvalue weighted by Crippen LogP contribution is -2.00. The number of aromatic nitrogens is 6. The van der Waals surface area contributed by atoms with Gasteiger partial charge in [0.1, 0.15) is 11.4 Å². The highest BCUT2D eigenvalue weighted by molar-refractivity contribution is 5.78. The van der Waals surface area contributed by atoms with E-state index in [1.54, 1.807) is 37.2 Å². The zero-order chi connectivity index (χ0) is 16.2. The number of rotatable bonds is 3. The van der Waals surface area contributed by atoms with Crippen molar-refractivity contribution in [3.63, 3.8) is 0 Å². The Kier molecular flexibility index (Phi) is 3.69. The number of hydrogen-bond acceptors (Lipinski definition) is 6. The second kappa shape index (κ2) is 6.29. The topological polar surface area (TPSA) is 77.3 Å². The molecule has 6 heteroatoms. The molecule has 0 spiro atoms. The third kappa shape index (κ3) is 2.72. The van der Waals surface area contributed by atoms with Crippen LogP contribution in [-0.2, 0) is 0 Å². The van der Waals surface area contributed by atoms with Crippen LogP contribution in [-0.4, -0.2) is 30.1 Å². The average Bonchev–Trinajstić information content (AvgIpc) is 2.69. The summed E-state index contributed by atoms with van der Waals surface area (Å²) in [5.41, 5.74) is 4.18. The summed E-state index contributed by atoms with van der Waals surface area (Å²) < 4.78 is 0. The molecule has 4 aromatic rings. The molecule has 0 N–H and O–H groups in total. The molecule has 4 heterocycles. The summed E-state index contributed by atoms with van der Waals surface area (Å²) in [6.07, 6.45) is 10.3. The van der Waals surface area contributed by atoms with E-state index in [1.165, 1.54) is 0 Å². The first-order valence-electron chi connectivity index (χ1n) is 7.38. The van der Waals surface area contributed by atoms with Crippen molar-refractivity contribution < 1.29 is 0 Å². The SMILES string of the molecule is c1cc(-c2nnc(-c3ccncc3)c(-c3ccncc3)n2)ccn1. The van der Waals surface area contributed by atoms with E-state index in [1.807, 2.05) is 36.4 Å². The van der Waals surface area contributed by atoms with E-state index in [-0.39, 0.29) is 0 Å². The first-order valence-corrected chi connectivity index (χ1v) is 7.38. The number of nitrogens with zero attached hydrogens (tertiary/aromatic N) is 6. The Labute approximate surface area is 138 Å². The van der Waals surface area contributed by atoms with E-state index in [0.717, 1.165) is 22.4 Å². The molecule has 6 nitrogen and oxygen atoms in total. The van der Waals surface area contributed by atoms with Gasteiger partial charge < -0.3 is 0 Å². The normalized spacial score (nSPS) is 10.5. The zero-order valence-electron chi connectivity index (χ0n) is 12.6. The Morgan fingerprint density at radius 2 is 0.917 bits per heavy atom. The number of pyridine rings is 3. The Balaban J connectivity index is 1.92. The van der Waals surface area contributed by atoms with Gasteiger partial charge in [-0.15, -0.1) is 10.2 Å². The quantitative estimate of drug-likeness (QED) is 0.578. The van der Waals surface area contributed by atoms with E-state index in [0.29, 0.717) is 11.5 Å². The van der Waals surface area contributed by atoms with Gasteiger partial charge in [-0.25, -0.2) is 4.98 Å². The fourth-order valence-corrected chi connectivity index (χ4v) is 2.36. The van der Waals surface area contributed by atoms with Crippen LogP contribution >= 0.6 is 0 Å². The van der Waals surface area contributed by atoms with Crippen molar-refractivity contribution in [2.45, 2.75) is 0 Å². The van der Waals surface area contributed by atoms with E-state index in [9.17, 15) is 0 Å². The number of hydrogen-bond donors (Lipinski definition) is 0. The molecule has 4 aromatic heterocycles. The van der Waals surface area contributed by atoms with Gasteiger partial charge in [-0.3, -0.25) is 15.0 Å². The minimum Gasteiger partial charge on any atom is -0.265 e. The third-order valence-corrected chi connectivity index (χ3v) is 3.53. The van der Waals surface area contributed by atoms with Crippen LogP contribution in [0.15, 0.2) is 73.6 Å².